The molecule has 2 heterocycles. The molecule has 0 fully saturated rings. The van der Waals surface area contributed by atoms with E-state index < -0.39 is 12.4 Å². The van der Waals surface area contributed by atoms with Crippen LogP contribution in [0.1, 0.15) is 22.5 Å². The molecule has 0 radical (unpaired) electrons. The van der Waals surface area contributed by atoms with Crippen molar-refractivity contribution in [2.75, 3.05) is 0 Å². The summed E-state index contributed by atoms with van der Waals surface area (Å²) in [6.45, 7) is 0. The number of rotatable bonds is 2. The van der Waals surface area contributed by atoms with Crippen molar-refractivity contribution in [3.8, 4) is 0 Å². The Morgan fingerprint density at radius 3 is 2.80 bits per heavy atom. The van der Waals surface area contributed by atoms with Crippen LogP contribution in [0.2, 0.25) is 0 Å². The Bertz CT molecular complexity index is 522. The van der Waals surface area contributed by atoms with Crippen LogP contribution in [-0.2, 0) is 0 Å². The number of carboxylic acids is 1. The molecule has 15 heavy (non-hydrogen) atoms. The van der Waals surface area contributed by atoms with Crippen molar-refractivity contribution in [2.45, 2.75) is 6.43 Å². The molecule has 0 saturated heterocycles. The third kappa shape index (κ3) is 1.43. The predicted octanol–water partition coefficient (Wildman–Crippen LogP) is 1.97. The van der Waals surface area contributed by atoms with E-state index in [0.29, 0.717) is 0 Å². The van der Waals surface area contributed by atoms with E-state index in [9.17, 15) is 13.6 Å². The summed E-state index contributed by atoms with van der Waals surface area (Å²) in [5.74, 6) is -1.20. The summed E-state index contributed by atoms with van der Waals surface area (Å²) >= 11 is 0. The van der Waals surface area contributed by atoms with Crippen LogP contribution in [0.5, 0.6) is 0 Å². The number of aromatic carboxylic acids is 1. The second-order valence-corrected chi connectivity index (χ2v) is 2.91. The molecule has 1 N–H and O–H groups in total. The number of fused-ring (bicyclic) bond motifs is 1. The minimum Gasteiger partial charge on any atom is -0.477 e. The molecular formula is C9H6F2N2O2. The lowest BCUT2D eigenvalue weighted by Crippen LogP contribution is -2.05. The molecule has 0 aliphatic heterocycles. The quantitative estimate of drug-likeness (QED) is 0.827. The Kier molecular flexibility index (Phi) is 2.11. The number of hydrogen-bond donors (Lipinski definition) is 1. The Morgan fingerprint density at radius 1 is 1.47 bits per heavy atom. The first-order chi connectivity index (χ1) is 7.11. The van der Waals surface area contributed by atoms with Crippen molar-refractivity contribution in [1.82, 2.24) is 9.61 Å². The molecule has 0 aromatic carbocycles. The average molecular weight is 212 g/mol. The topological polar surface area (TPSA) is 54.6 Å². The molecular weight excluding hydrogens is 206 g/mol. The lowest BCUT2D eigenvalue weighted by atomic mass is 10.2. The van der Waals surface area contributed by atoms with Gasteiger partial charge in [-0.1, -0.05) is 6.07 Å². The first-order valence-corrected chi connectivity index (χ1v) is 4.09. The maximum absolute atomic E-state index is 12.5. The van der Waals surface area contributed by atoms with E-state index in [1.807, 2.05) is 0 Å². The van der Waals surface area contributed by atoms with E-state index in [4.69, 9.17) is 5.11 Å². The third-order valence-electron chi connectivity index (χ3n) is 2.03. The van der Waals surface area contributed by atoms with E-state index >= 15 is 0 Å². The Hall–Kier alpha value is -1.98. The molecule has 0 aliphatic rings. The number of aromatic nitrogens is 2. The fraction of sp³-hybridized carbons (Fsp3) is 0.111. The summed E-state index contributed by atoms with van der Waals surface area (Å²) in [5, 5.41) is 12.4. The largest absolute Gasteiger partial charge is 0.477 e. The third-order valence-corrected chi connectivity index (χ3v) is 2.03. The highest BCUT2D eigenvalue weighted by Crippen LogP contribution is 2.23. The van der Waals surface area contributed by atoms with Crippen LogP contribution in [0.15, 0.2) is 24.4 Å². The van der Waals surface area contributed by atoms with Crippen molar-refractivity contribution < 1.29 is 18.7 Å². The zero-order chi connectivity index (χ0) is 11.0. The lowest BCUT2D eigenvalue weighted by molar-refractivity contribution is 0.0687. The standard InChI is InChI=1S/C9H6F2N2O2/c10-8(11)5-4-12-13-6(5)2-1-3-7(13)9(14)15/h1-4,8H,(H,14,15). The van der Waals surface area contributed by atoms with Crippen LogP contribution in [-0.4, -0.2) is 20.7 Å². The van der Waals surface area contributed by atoms with Crippen molar-refractivity contribution in [3.63, 3.8) is 0 Å². The summed E-state index contributed by atoms with van der Waals surface area (Å²) in [6.07, 6.45) is -1.68. The fourth-order valence-electron chi connectivity index (χ4n) is 1.36. The van der Waals surface area contributed by atoms with Gasteiger partial charge in [-0.3, -0.25) is 0 Å². The highest BCUT2D eigenvalue weighted by Gasteiger charge is 2.17. The number of pyridine rings is 1. The zero-order valence-corrected chi connectivity index (χ0v) is 7.39. The number of carbonyl (C=O) groups is 1. The van der Waals surface area contributed by atoms with Gasteiger partial charge in [0.2, 0.25) is 0 Å². The van der Waals surface area contributed by atoms with Crippen molar-refractivity contribution >= 4 is 11.5 Å². The minimum absolute atomic E-state index is 0.116. The van der Waals surface area contributed by atoms with Crippen LogP contribution >= 0.6 is 0 Å². The summed E-state index contributed by atoms with van der Waals surface area (Å²) in [4.78, 5) is 10.7. The second kappa shape index (κ2) is 3.30. The van der Waals surface area contributed by atoms with Gasteiger partial charge >= 0.3 is 5.97 Å². The number of nitrogens with zero attached hydrogens (tertiary/aromatic N) is 2. The molecule has 0 bridgehead atoms. The summed E-state index contributed by atoms with van der Waals surface area (Å²) in [6, 6.07) is 4.12. The number of alkyl halides is 2. The molecule has 0 aliphatic carbocycles. The number of carboxylic acid groups (broad SMARTS) is 1. The molecule has 2 rings (SSSR count). The first-order valence-electron chi connectivity index (χ1n) is 4.09. The van der Waals surface area contributed by atoms with Gasteiger partial charge in [0.05, 0.1) is 17.3 Å². The SMILES string of the molecule is O=C(O)c1cccc2c(C(F)F)cnn12. The minimum atomic E-state index is -2.66. The maximum Gasteiger partial charge on any atom is 0.354 e. The molecule has 2 aromatic heterocycles. The maximum atomic E-state index is 12.5. The van der Waals surface area contributed by atoms with Gasteiger partial charge in [-0.05, 0) is 12.1 Å². The highest BCUT2D eigenvalue weighted by molar-refractivity contribution is 5.86. The van der Waals surface area contributed by atoms with Crippen LogP contribution < -0.4 is 0 Å². The molecule has 4 nitrogen and oxygen atoms in total. The van der Waals surface area contributed by atoms with Gasteiger partial charge in [-0.25, -0.2) is 18.1 Å². The normalized spacial score (nSPS) is 11.1. The smallest absolute Gasteiger partial charge is 0.354 e. The summed E-state index contributed by atoms with van der Waals surface area (Å²) in [7, 11) is 0. The summed E-state index contributed by atoms with van der Waals surface area (Å²) in [5.41, 5.74) is -0.289. The highest BCUT2D eigenvalue weighted by atomic mass is 19.3. The van der Waals surface area contributed by atoms with E-state index in [2.05, 4.69) is 5.10 Å². The fourth-order valence-corrected chi connectivity index (χ4v) is 1.36. The van der Waals surface area contributed by atoms with Gasteiger partial charge < -0.3 is 5.11 Å². The molecule has 78 valence electrons. The molecule has 0 spiro atoms. The van der Waals surface area contributed by atoms with E-state index in [0.717, 1.165) is 10.7 Å². The number of hydrogen-bond acceptors (Lipinski definition) is 2. The average Bonchev–Trinajstić information content (AvgIpc) is 2.59. The molecule has 0 atom stereocenters. The van der Waals surface area contributed by atoms with Gasteiger partial charge in [0.25, 0.3) is 6.43 Å². The monoisotopic (exact) mass is 212 g/mol. The summed E-state index contributed by atoms with van der Waals surface area (Å²) < 4.78 is 25.9. The van der Waals surface area contributed by atoms with Gasteiger partial charge in [-0.15, -0.1) is 0 Å². The van der Waals surface area contributed by atoms with Crippen LogP contribution in [0.25, 0.3) is 5.52 Å². The van der Waals surface area contributed by atoms with Gasteiger partial charge in [0.15, 0.2) is 0 Å². The van der Waals surface area contributed by atoms with Crippen LogP contribution in [0, 0.1) is 0 Å². The van der Waals surface area contributed by atoms with Crippen LogP contribution in [0.4, 0.5) is 8.78 Å². The first kappa shape index (κ1) is 9.57. The predicted molar refractivity (Wildman–Crippen MR) is 47.1 cm³/mol. The van der Waals surface area contributed by atoms with Crippen molar-refractivity contribution in [2.24, 2.45) is 0 Å². The Morgan fingerprint density at radius 2 is 2.20 bits per heavy atom. The molecule has 6 heteroatoms. The molecule has 0 saturated carbocycles. The Labute approximate surface area is 82.8 Å². The van der Waals surface area contributed by atoms with E-state index in [1.54, 1.807) is 0 Å². The molecule has 0 amide bonds. The molecule has 2 aromatic rings. The second-order valence-electron chi connectivity index (χ2n) is 2.91. The van der Waals surface area contributed by atoms with Gasteiger partial charge in [0.1, 0.15) is 5.69 Å². The van der Waals surface area contributed by atoms with Gasteiger partial charge in [0, 0.05) is 0 Å². The molecule has 0 unspecified atom stereocenters. The van der Waals surface area contributed by atoms with Gasteiger partial charge in [-0.2, -0.15) is 5.10 Å². The van der Waals surface area contributed by atoms with Crippen LogP contribution in [0.3, 0.4) is 0 Å². The lowest BCUT2D eigenvalue weighted by Gasteiger charge is -2.00. The van der Waals surface area contributed by atoms with E-state index in [1.165, 1.54) is 18.2 Å². The van der Waals surface area contributed by atoms with Crippen molar-refractivity contribution in [3.05, 3.63) is 35.7 Å². The van der Waals surface area contributed by atoms with Crippen molar-refractivity contribution in [1.29, 1.82) is 0 Å². The Balaban J connectivity index is 2.74. The zero-order valence-electron chi connectivity index (χ0n) is 7.39. The number of halogens is 2. The van der Waals surface area contributed by atoms with E-state index in [-0.39, 0.29) is 16.8 Å².